The van der Waals surface area contributed by atoms with Crippen LogP contribution in [0, 0.1) is 6.92 Å². The molecule has 0 spiro atoms. The van der Waals surface area contributed by atoms with Gasteiger partial charge in [-0.3, -0.25) is 0 Å². The molecule has 1 aliphatic heterocycles. The normalized spacial score (nSPS) is 18.0. The lowest BCUT2D eigenvalue weighted by molar-refractivity contribution is 0.391. The van der Waals surface area contributed by atoms with Crippen molar-refractivity contribution in [1.82, 2.24) is 9.78 Å². The second-order valence-corrected chi connectivity index (χ2v) is 4.59. The Bertz CT molecular complexity index is 562. The fraction of sp³-hybridized carbons (Fsp3) is 0.357. The fourth-order valence-corrected chi connectivity index (χ4v) is 2.57. The van der Waals surface area contributed by atoms with Gasteiger partial charge in [0.05, 0.1) is 18.8 Å². The van der Waals surface area contributed by atoms with E-state index >= 15 is 0 Å². The molecule has 0 fully saturated rings. The first kappa shape index (κ1) is 11.1. The van der Waals surface area contributed by atoms with Gasteiger partial charge in [-0.1, -0.05) is 18.2 Å². The number of para-hydroxylation sites is 1. The Kier molecular flexibility index (Phi) is 2.70. The maximum atomic E-state index is 5.46. The average Bonchev–Trinajstić information content (AvgIpc) is 2.78. The van der Waals surface area contributed by atoms with Crippen LogP contribution < -0.4 is 10.1 Å². The lowest BCUT2D eigenvalue weighted by Gasteiger charge is -2.27. The number of benzene rings is 1. The third-order valence-corrected chi connectivity index (χ3v) is 3.37. The second-order valence-electron chi connectivity index (χ2n) is 4.59. The molecule has 1 unspecified atom stereocenters. The number of rotatable bonds is 2. The summed E-state index contributed by atoms with van der Waals surface area (Å²) in [5.74, 6) is 2.03. The van der Waals surface area contributed by atoms with Gasteiger partial charge in [-0.25, -0.2) is 4.68 Å². The van der Waals surface area contributed by atoms with E-state index in [1.54, 1.807) is 7.11 Å². The minimum Gasteiger partial charge on any atom is -0.496 e. The summed E-state index contributed by atoms with van der Waals surface area (Å²) in [4.78, 5) is 0. The van der Waals surface area contributed by atoms with E-state index in [1.807, 2.05) is 19.1 Å². The number of hydrogen-bond acceptors (Lipinski definition) is 3. The summed E-state index contributed by atoms with van der Waals surface area (Å²) < 4.78 is 7.53. The van der Waals surface area contributed by atoms with Gasteiger partial charge < -0.3 is 10.1 Å². The number of ether oxygens (including phenoxy) is 1. The number of methoxy groups -OCH3 is 1. The van der Waals surface area contributed by atoms with Gasteiger partial charge in [-0.15, -0.1) is 0 Å². The molecule has 1 aromatic carbocycles. The Labute approximate surface area is 107 Å². The van der Waals surface area contributed by atoms with E-state index in [9.17, 15) is 0 Å². The van der Waals surface area contributed by atoms with Crippen LogP contribution in [0.3, 0.4) is 0 Å². The Balaban J connectivity index is 2.08. The minimum atomic E-state index is 0.256. The Morgan fingerprint density at radius 1 is 1.39 bits per heavy atom. The minimum absolute atomic E-state index is 0.256. The zero-order chi connectivity index (χ0) is 12.5. The number of hydrogen-bond donors (Lipinski definition) is 1. The quantitative estimate of drug-likeness (QED) is 0.881. The van der Waals surface area contributed by atoms with Crippen LogP contribution in [0.1, 0.15) is 23.7 Å². The molecule has 1 N–H and O–H groups in total. The van der Waals surface area contributed by atoms with Gasteiger partial charge in [0.2, 0.25) is 0 Å². The fourth-order valence-electron chi connectivity index (χ4n) is 2.57. The molecule has 0 bridgehead atoms. The number of nitrogens with one attached hydrogen (secondary N) is 1. The average molecular weight is 243 g/mol. The molecule has 0 saturated heterocycles. The first-order valence-electron chi connectivity index (χ1n) is 6.22. The summed E-state index contributed by atoms with van der Waals surface area (Å²) in [7, 11) is 1.72. The summed E-state index contributed by atoms with van der Waals surface area (Å²) in [6, 6.07) is 10.5. The topological polar surface area (TPSA) is 39.1 Å². The van der Waals surface area contributed by atoms with Gasteiger partial charge in [-0.05, 0) is 19.4 Å². The van der Waals surface area contributed by atoms with Crippen LogP contribution in [0.5, 0.6) is 5.75 Å². The van der Waals surface area contributed by atoms with Gasteiger partial charge >= 0.3 is 0 Å². The lowest BCUT2D eigenvalue weighted by atomic mass is 10.0. The highest BCUT2D eigenvalue weighted by molar-refractivity contribution is 5.44. The molecule has 4 nitrogen and oxygen atoms in total. The highest BCUT2D eigenvalue weighted by Gasteiger charge is 2.24. The molecule has 3 rings (SSSR count). The van der Waals surface area contributed by atoms with Crippen LogP contribution in [-0.4, -0.2) is 23.4 Å². The standard InChI is InChI=1S/C14H17N3O/c1-10-9-14-15-8-7-12(17(14)16-10)11-5-3-4-6-13(11)18-2/h3-6,9,12,15H,7-8H2,1-2H3. The highest BCUT2D eigenvalue weighted by atomic mass is 16.5. The SMILES string of the molecule is COc1ccccc1C1CCNc2cc(C)nn21. The van der Waals surface area contributed by atoms with E-state index in [1.165, 1.54) is 5.56 Å². The Morgan fingerprint density at radius 3 is 3.06 bits per heavy atom. The van der Waals surface area contributed by atoms with Gasteiger partial charge in [0.15, 0.2) is 0 Å². The Morgan fingerprint density at radius 2 is 2.22 bits per heavy atom. The number of aromatic nitrogens is 2. The van der Waals surface area contributed by atoms with Crippen molar-refractivity contribution in [2.75, 3.05) is 19.0 Å². The molecule has 94 valence electrons. The lowest BCUT2D eigenvalue weighted by Crippen LogP contribution is -2.24. The smallest absolute Gasteiger partial charge is 0.125 e. The zero-order valence-electron chi connectivity index (χ0n) is 10.7. The summed E-state index contributed by atoms with van der Waals surface area (Å²) in [6.07, 6.45) is 1.02. The van der Waals surface area contributed by atoms with Crippen LogP contribution in [0.25, 0.3) is 0 Å². The van der Waals surface area contributed by atoms with Crippen molar-refractivity contribution in [3.05, 3.63) is 41.6 Å². The molecule has 1 aromatic heterocycles. The van der Waals surface area contributed by atoms with E-state index in [0.29, 0.717) is 0 Å². The second kappa shape index (κ2) is 4.37. The van der Waals surface area contributed by atoms with Crippen molar-refractivity contribution in [1.29, 1.82) is 0 Å². The molecule has 2 heterocycles. The van der Waals surface area contributed by atoms with Crippen molar-refractivity contribution in [3.63, 3.8) is 0 Å². The number of nitrogens with zero attached hydrogens (tertiary/aromatic N) is 2. The summed E-state index contributed by atoms with van der Waals surface area (Å²) in [5, 5.41) is 7.96. The van der Waals surface area contributed by atoms with Crippen molar-refractivity contribution in [2.45, 2.75) is 19.4 Å². The molecular formula is C14H17N3O. The van der Waals surface area contributed by atoms with E-state index < -0.39 is 0 Å². The summed E-state index contributed by atoms with van der Waals surface area (Å²) >= 11 is 0. The maximum Gasteiger partial charge on any atom is 0.125 e. The molecule has 2 aromatic rings. The van der Waals surface area contributed by atoms with E-state index in [4.69, 9.17) is 4.74 Å². The van der Waals surface area contributed by atoms with E-state index in [2.05, 4.69) is 33.3 Å². The van der Waals surface area contributed by atoms with Crippen LogP contribution in [-0.2, 0) is 0 Å². The van der Waals surface area contributed by atoms with Crippen molar-refractivity contribution >= 4 is 5.82 Å². The monoisotopic (exact) mass is 243 g/mol. The number of fused-ring (bicyclic) bond motifs is 1. The molecule has 1 aliphatic rings. The van der Waals surface area contributed by atoms with Crippen molar-refractivity contribution in [3.8, 4) is 5.75 Å². The molecule has 0 radical (unpaired) electrons. The van der Waals surface area contributed by atoms with Crippen LogP contribution in [0.15, 0.2) is 30.3 Å². The molecule has 1 atom stereocenters. The highest BCUT2D eigenvalue weighted by Crippen LogP contribution is 2.34. The zero-order valence-corrected chi connectivity index (χ0v) is 10.7. The molecular weight excluding hydrogens is 226 g/mol. The predicted octanol–water partition coefficient (Wildman–Crippen LogP) is 2.61. The molecule has 0 amide bonds. The van der Waals surface area contributed by atoms with Gasteiger partial charge in [0, 0.05) is 18.2 Å². The van der Waals surface area contributed by atoms with Gasteiger partial charge in [0.1, 0.15) is 11.6 Å². The van der Waals surface area contributed by atoms with Gasteiger partial charge in [0.25, 0.3) is 0 Å². The molecule has 4 heteroatoms. The van der Waals surface area contributed by atoms with Crippen molar-refractivity contribution in [2.24, 2.45) is 0 Å². The molecule has 0 saturated carbocycles. The largest absolute Gasteiger partial charge is 0.496 e. The summed E-state index contributed by atoms with van der Waals surface area (Å²) in [5.41, 5.74) is 2.24. The molecule has 18 heavy (non-hydrogen) atoms. The molecule has 0 aliphatic carbocycles. The predicted molar refractivity (Wildman–Crippen MR) is 71.2 cm³/mol. The third-order valence-electron chi connectivity index (χ3n) is 3.37. The number of aryl methyl sites for hydroxylation is 1. The van der Waals surface area contributed by atoms with Gasteiger partial charge in [-0.2, -0.15) is 5.10 Å². The third kappa shape index (κ3) is 1.74. The van der Waals surface area contributed by atoms with Crippen LogP contribution in [0.2, 0.25) is 0 Å². The van der Waals surface area contributed by atoms with Crippen LogP contribution in [0.4, 0.5) is 5.82 Å². The van der Waals surface area contributed by atoms with E-state index in [-0.39, 0.29) is 6.04 Å². The first-order chi connectivity index (χ1) is 8.79. The number of anilines is 1. The van der Waals surface area contributed by atoms with Crippen molar-refractivity contribution < 1.29 is 4.74 Å². The summed E-state index contributed by atoms with van der Waals surface area (Å²) in [6.45, 7) is 2.99. The van der Waals surface area contributed by atoms with E-state index in [0.717, 1.165) is 30.2 Å². The Hall–Kier alpha value is -1.97. The van der Waals surface area contributed by atoms with Crippen LogP contribution >= 0.6 is 0 Å². The first-order valence-corrected chi connectivity index (χ1v) is 6.22. The maximum absolute atomic E-state index is 5.46.